The third-order valence-electron chi connectivity index (χ3n) is 5.19. The fraction of sp³-hybridized carbons (Fsp3) is 0.179. The Morgan fingerprint density at radius 3 is 2.56 bits per heavy atom. The Morgan fingerprint density at radius 1 is 0.941 bits per heavy atom. The number of nitrogens with zero attached hydrogens (tertiary/aromatic N) is 3. The van der Waals surface area contributed by atoms with Crippen LogP contribution in [0, 0.1) is 0 Å². The molecule has 3 aromatic carbocycles. The van der Waals surface area contributed by atoms with Crippen molar-refractivity contribution >= 4 is 28.6 Å². The zero-order chi connectivity index (χ0) is 23.6. The maximum Gasteiger partial charge on any atom is 0.173 e. The minimum atomic E-state index is 0.519. The summed E-state index contributed by atoms with van der Waals surface area (Å²) in [6.45, 7) is 2.88. The standard InChI is InChI=1S/C28H28N4O2/c1-3-4-19-34-23-16-13-21(14-17-23)20-29-32-28(31-25-11-7-8-12-27(25)33-2)26-18-15-22-9-5-6-10-24(22)30-26/h5-18,20H,3-4,19H2,1-2H3,(H,31,32)/b29-20+. The van der Waals surface area contributed by atoms with Gasteiger partial charge in [0.25, 0.3) is 0 Å². The molecule has 4 rings (SSSR count). The summed E-state index contributed by atoms with van der Waals surface area (Å²) in [5, 5.41) is 5.49. The van der Waals surface area contributed by atoms with Gasteiger partial charge in [0.2, 0.25) is 0 Å². The number of rotatable bonds is 9. The first-order chi connectivity index (χ1) is 16.8. The summed E-state index contributed by atoms with van der Waals surface area (Å²) in [7, 11) is 1.63. The van der Waals surface area contributed by atoms with Crippen LogP contribution in [0.15, 0.2) is 95.0 Å². The summed E-state index contributed by atoms with van der Waals surface area (Å²) in [6, 6.07) is 27.4. The van der Waals surface area contributed by atoms with Gasteiger partial charge in [0.15, 0.2) is 5.84 Å². The van der Waals surface area contributed by atoms with E-state index >= 15 is 0 Å². The van der Waals surface area contributed by atoms with Gasteiger partial charge >= 0.3 is 0 Å². The van der Waals surface area contributed by atoms with Crippen molar-refractivity contribution in [2.24, 2.45) is 10.1 Å². The summed E-state index contributed by atoms with van der Waals surface area (Å²) in [6.07, 6.45) is 3.90. The van der Waals surface area contributed by atoms with E-state index in [-0.39, 0.29) is 0 Å². The van der Waals surface area contributed by atoms with Crippen molar-refractivity contribution in [3.8, 4) is 11.5 Å². The molecule has 0 radical (unpaired) electrons. The first kappa shape index (κ1) is 23.0. The van der Waals surface area contributed by atoms with E-state index in [0.717, 1.165) is 41.7 Å². The number of aliphatic imine (C=N–C) groups is 1. The number of benzene rings is 3. The fourth-order valence-corrected chi connectivity index (χ4v) is 3.33. The first-order valence-electron chi connectivity index (χ1n) is 11.4. The quantitative estimate of drug-likeness (QED) is 0.144. The molecule has 1 heterocycles. The van der Waals surface area contributed by atoms with Crippen molar-refractivity contribution in [3.63, 3.8) is 0 Å². The number of unbranched alkanes of at least 4 members (excludes halogenated alkanes) is 1. The molecule has 0 aliphatic carbocycles. The van der Waals surface area contributed by atoms with Crippen LogP contribution in [0.3, 0.4) is 0 Å². The molecular weight excluding hydrogens is 424 g/mol. The predicted molar refractivity (Wildman–Crippen MR) is 139 cm³/mol. The predicted octanol–water partition coefficient (Wildman–Crippen LogP) is 6.12. The average Bonchev–Trinajstić information content (AvgIpc) is 2.89. The van der Waals surface area contributed by atoms with E-state index < -0.39 is 0 Å². The number of pyridine rings is 1. The van der Waals surface area contributed by atoms with Crippen LogP contribution in [0.2, 0.25) is 0 Å². The second kappa shape index (κ2) is 11.6. The van der Waals surface area contributed by atoms with Gasteiger partial charge in [0, 0.05) is 5.39 Å². The lowest BCUT2D eigenvalue weighted by molar-refractivity contribution is 0.309. The Hall–Kier alpha value is -4.19. The Bertz CT molecular complexity index is 1280. The number of hydrogen-bond donors (Lipinski definition) is 1. The topological polar surface area (TPSA) is 68.1 Å². The van der Waals surface area contributed by atoms with Gasteiger partial charge in [-0.05, 0) is 60.5 Å². The van der Waals surface area contributed by atoms with Crippen LogP contribution in [0.4, 0.5) is 5.69 Å². The number of para-hydroxylation sites is 3. The lowest BCUT2D eigenvalue weighted by Gasteiger charge is -2.09. The molecule has 0 unspecified atom stereocenters. The number of ether oxygens (including phenoxy) is 2. The van der Waals surface area contributed by atoms with Crippen molar-refractivity contribution in [1.82, 2.24) is 10.4 Å². The van der Waals surface area contributed by atoms with Gasteiger partial charge in [-0.2, -0.15) is 5.10 Å². The zero-order valence-electron chi connectivity index (χ0n) is 19.4. The highest BCUT2D eigenvalue weighted by Gasteiger charge is 2.09. The molecule has 0 fully saturated rings. The monoisotopic (exact) mass is 452 g/mol. The van der Waals surface area contributed by atoms with Gasteiger partial charge in [0.05, 0.1) is 25.4 Å². The minimum Gasteiger partial charge on any atom is -0.494 e. The van der Waals surface area contributed by atoms with Crippen LogP contribution in [0.5, 0.6) is 11.5 Å². The van der Waals surface area contributed by atoms with Gasteiger partial charge in [-0.1, -0.05) is 49.7 Å². The van der Waals surface area contributed by atoms with Gasteiger partial charge in [-0.3, -0.25) is 5.43 Å². The highest BCUT2D eigenvalue weighted by molar-refractivity contribution is 6.01. The number of nitrogens with one attached hydrogen (secondary N) is 1. The molecule has 34 heavy (non-hydrogen) atoms. The first-order valence-corrected chi connectivity index (χ1v) is 11.4. The molecule has 172 valence electrons. The molecule has 0 saturated heterocycles. The van der Waals surface area contributed by atoms with Crippen molar-refractivity contribution in [2.75, 3.05) is 13.7 Å². The Labute approximate surface area is 200 Å². The largest absolute Gasteiger partial charge is 0.494 e. The second-order valence-electron chi connectivity index (χ2n) is 7.66. The molecule has 0 aliphatic rings. The molecule has 1 N–H and O–H groups in total. The maximum absolute atomic E-state index is 5.73. The number of fused-ring (bicyclic) bond motifs is 1. The molecular formula is C28H28N4O2. The van der Waals surface area contributed by atoms with Gasteiger partial charge in [-0.15, -0.1) is 0 Å². The minimum absolute atomic E-state index is 0.519. The van der Waals surface area contributed by atoms with Crippen LogP contribution in [-0.2, 0) is 0 Å². The summed E-state index contributed by atoms with van der Waals surface area (Å²) in [4.78, 5) is 9.55. The summed E-state index contributed by atoms with van der Waals surface area (Å²) < 4.78 is 11.2. The van der Waals surface area contributed by atoms with Crippen LogP contribution < -0.4 is 14.9 Å². The smallest absolute Gasteiger partial charge is 0.173 e. The van der Waals surface area contributed by atoms with Gasteiger partial charge < -0.3 is 9.47 Å². The SMILES string of the molecule is CCCCOc1ccc(/C=N/NC(=Nc2ccccc2OC)c2ccc3ccccc3n2)cc1. The zero-order valence-corrected chi connectivity index (χ0v) is 19.4. The van der Waals surface area contributed by atoms with Crippen molar-refractivity contribution in [2.45, 2.75) is 19.8 Å². The highest BCUT2D eigenvalue weighted by Crippen LogP contribution is 2.27. The molecule has 6 heteroatoms. The molecule has 4 aromatic rings. The van der Waals surface area contributed by atoms with Gasteiger partial charge in [0.1, 0.15) is 22.9 Å². The molecule has 1 aromatic heterocycles. The molecule has 0 atom stereocenters. The van der Waals surface area contributed by atoms with E-state index in [0.29, 0.717) is 23.0 Å². The number of aromatic nitrogens is 1. The number of hydrazone groups is 1. The van der Waals surface area contributed by atoms with E-state index in [4.69, 9.17) is 19.5 Å². The number of methoxy groups -OCH3 is 1. The number of amidine groups is 1. The molecule has 0 saturated carbocycles. The van der Waals surface area contributed by atoms with Crippen LogP contribution in [-0.4, -0.2) is 30.8 Å². The van der Waals surface area contributed by atoms with E-state index in [2.05, 4.69) is 17.5 Å². The molecule has 6 nitrogen and oxygen atoms in total. The lowest BCUT2D eigenvalue weighted by Crippen LogP contribution is -2.20. The Balaban J connectivity index is 1.58. The normalized spacial score (nSPS) is 11.6. The lowest BCUT2D eigenvalue weighted by atomic mass is 10.2. The van der Waals surface area contributed by atoms with Crippen LogP contribution in [0.1, 0.15) is 31.0 Å². The van der Waals surface area contributed by atoms with Crippen molar-refractivity contribution in [1.29, 1.82) is 0 Å². The molecule has 0 spiro atoms. The third-order valence-corrected chi connectivity index (χ3v) is 5.19. The van der Waals surface area contributed by atoms with E-state index in [9.17, 15) is 0 Å². The highest BCUT2D eigenvalue weighted by atomic mass is 16.5. The van der Waals surface area contributed by atoms with E-state index in [1.165, 1.54) is 0 Å². The Morgan fingerprint density at radius 2 is 1.74 bits per heavy atom. The molecule has 0 amide bonds. The third kappa shape index (κ3) is 5.98. The summed E-state index contributed by atoms with van der Waals surface area (Å²) in [5.74, 6) is 2.05. The summed E-state index contributed by atoms with van der Waals surface area (Å²) in [5.41, 5.74) is 6.27. The van der Waals surface area contributed by atoms with Crippen molar-refractivity contribution < 1.29 is 9.47 Å². The maximum atomic E-state index is 5.73. The summed E-state index contributed by atoms with van der Waals surface area (Å²) >= 11 is 0. The van der Waals surface area contributed by atoms with E-state index in [1.54, 1.807) is 13.3 Å². The number of hydrogen-bond acceptors (Lipinski definition) is 5. The fourth-order valence-electron chi connectivity index (χ4n) is 3.33. The van der Waals surface area contributed by atoms with Crippen LogP contribution in [0.25, 0.3) is 10.9 Å². The second-order valence-corrected chi connectivity index (χ2v) is 7.66. The molecule has 0 bridgehead atoms. The Kier molecular flexibility index (Phi) is 7.85. The average molecular weight is 453 g/mol. The van der Waals surface area contributed by atoms with E-state index in [1.807, 2.05) is 84.9 Å². The van der Waals surface area contributed by atoms with Gasteiger partial charge in [-0.25, -0.2) is 9.98 Å². The van der Waals surface area contributed by atoms with Crippen molar-refractivity contribution in [3.05, 3.63) is 96.2 Å². The van der Waals surface area contributed by atoms with Crippen LogP contribution >= 0.6 is 0 Å². The molecule has 0 aliphatic heterocycles.